The molecule has 0 heterocycles. The predicted molar refractivity (Wildman–Crippen MR) is 88.9 cm³/mol. The number of carbonyl (C=O) groups excluding carboxylic acids is 1. The first-order valence-electron chi connectivity index (χ1n) is 7.67. The number of amides is 2. The van der Waals surface area contributed by atoms with Crippen LogP contribution in [0.1, 0.15) is 39.2 Å². The number of nitrogens with one attached hydrogen (secondary N) is 2. The number of ether oxygens (including phenoxy) is 1. The largest absolute Gasteiger partial charge is 0.388 e. The highest BCUT2D eigenvalue weighted by Crippen LogP contribution is 2.16. The predicted octanol–water partition coefficient (Wildman–Crippen LogP) is 3.14. The number of carbonyl (C=O) groups is 1. The lowest BCUT2D eigenvalue weighted by molar-refractivity contribution is 0.0481. The molecule has 0 aromatic heterocycles. The molecule has 0 aliphatic carbocycles. The second kappa shape index (κ2) is 8.76. The van der Waals surface area contributed by atoms with Crippen LogP contribution < -0.4 is 10.6 Å². The minimum absolute atomic E-state index is 0.226. The lowest BCUT2D eigenvalue weighted by Gasteiger charge is -2.24. The van der Waals surface area contributed by atoms with Crippen LogP contribution in [0.25, 0.3) is 0 Å². The van der Waals surface area contributed by atoms with Crippen molar-refractivity contribution < 1.29 is 14.6 Å². The van der Waals surface area contributed by atoms with Gasteiger partial charge in [-0.1, -0.05) is 26.0 Å². The molecule has 0 aliphatic rings. The molecule has 1 unspecified atom stereocenters. The van der Waals surface area contributed by atoms with Gasteiger partial charge in [0.2, 0.25) is 0 Å². The van der Waals surface area contributed by atoms with E-state index in [0.717, 1.165) is 12.0 Å². The number of rotatable bonds is 8. The summed E-state index contributed by atoms with van der Waals surface area (Å²) >= 11 is 0. The van der Waals surface area contributed by atoms with E-state index in [2.05, 4.69) is 24.5 Å². The summed E-state index contributed by atoms with van der Waals surface area (Å²) in [6.07, 6.45) is 1.59. The first-order valence-corrected chi connectivity index (χ1v) is 7.67. The molecule has 0 fully saturated rings. The minimum Gasteiger partial charge on any atom is -0.388 e. The third kappa shape index (κ3) is 7.43. The highest BCUT2D eigenvalue weighted by molar-refractivity contribution is 5.89. The Morgan fingerprint density at radius 3 is 2.77 bits per heavy atom. The Morgan fingerprint density at radius 1 is 1.41 bits per heavy atom. The van der Waals surface area contributed by atoms with Crippen molar-refractivity contribution in [3.8, 4) is 0 Å². The molecule has 0 spiro atoms. The van der Waals surface area contributed by atoms with E-state index in [4.69, 9.17) is 4.74 Å². The van der Waals surface area contributed by atoms with Gasteiger partial charge in [0, 0.05) is 19.3 Å². The van der Waals surface area contributed by atoms with Crippen molar-refractivity contribution in [1.29, 1.82) is 0 Å². The van der Waals surface area contributed by atoms with Crippen molar-refractivity contribution >= 4 is 11.7 Å². The summed E-state index contributed by atoms with van der Waals surface area (Å²) in [6, 6.07) is 7.15. The van der Waals surface area contributed by atoms with Crippen molar-refractivity contribution in [2.75, 3.05) is 19.0 Å². The van der Waals surface area contributed by atoms with E-state index < -0.39 is 5.60 Å². The summed E-state index contributed by atoms with van der Waals surface area (Å²) in [5, 5.41) is 15.7. The lowest BCUT2D eigenvalue weighted by Crippen LogP contribution is -2.42. The highest BCUT2D eigenvalue weighted by atomic mass is 16.5. The molecule has 1 aromatic carbocycles. The number of aliphatic hydroxyl groups is 1. The molecular formula is C17H28N2O3. The molecule has 1 atom stereocenters. The van der Waals surface area contributed by atoms with Gasteiger partial charge in [0.15, 0.2) is 0 Å². The zero-order valence-corrected chi connectivity index (χ0v) is 14.0. The molecule has 124 valence electrons. The summed E-state index contributed by atoms with van der Waals surface area (Å²) < 4.78 is 5.06. The molecule has 0 aliphatic heterocycles. The van der Waals surface area contributed by atoms with Gasteiger partial charge in [0.25, 0.3) is 0 Å². The van der Waals surface area contributed by atoms with Crippen LogP contribution in [0.2, 0.25) is 0 Å². The lowest BCUT2D eigenvalue weighted by atomic mass is 9.95. The van der Waals surface area contributed by atoms with Crippen molar-refractivity contribution in [3.63, 3.8) is 0 Å². The van der Waals surface area contributed by atoms with E-state index in [1.54, 1.807) is 14.0 Å². The monoisotopic (exact) mass is 308 g/mol. The van der Waals surface area contributed by atoms with Gasteiger partial charge in [0.1, 0.15) is 0 Å². The van der Waals surface area contributed by atoms with Gasteiger partial charge in [-0.25, -0.2) is 4.79 Å². The fourth-order valence-electron chi connectivity index (χ4n) is 2.04. The maximum atomic E-state index is 11.9. The van der Waals surface area contributed by atoms with E-state index in [9.17, 15) is 9.90 Å². The topological polar surface area (TPSA) is 70.6 Å². The molecule has 2 amide bonds. The standard InChI is InChI=1S/C17H28N2O3/c1-13(2)8-9-17(3,21)12-18-16(20)19-15-7-5-6-14(10-15)11-22-4/h5-7,10,13,21H,8-9,11-12H2,1-4H3,(H2,18,19,20). The zero-order valence-electron chi connectivity index (χ0n) is 14.0. The molecule has 0 saturated carbocycles. The summed E-state index contributed by atoms with van der Waals surface area (Å²) in [5.74, 6) is 0.531. The van der Waals surface area contributed by atoms with Gasteiger partial charge < -0.3 is 20.5 Å². The molecule has 5 nitrogen and oxygen atoms in total. The van der Waals surface area contributed by atoms with Gasteiger partial charge in [-0.15, -0.1) is 0 Å². The van der Waals surface area contributed by atoms with Crippen LogP contribution in [-0.2, 0) is 11.3 Å². The van der Waals surface area contributed by atoms with Gasteiger partial charge in [0.05, 0.1) is 12.2 Å². The average Bonchev–Trinajstić information content (AvgIpc) is 2.44. The van der Waals surface area contributed by atoms with Gasteiger partial charge in [-0.2, -0.15) is 0 Å². The summed E-state index contributed by atoms with van der Waals surface area (Å²) in [7, 11) is 1.63. The molecular weight excluding hydrogens is 280 g/mol. The molecule has 5 heteroatoms. The van der Waals surface area contributed by atoms with Crippen molar-refractivity contribution in [3.05, 3.63) is 29.8 Å². The fraction of sp³-hybridized carbons (Fsp3) is 0.588. The highest BCUT2D eigenvalue weighted by Gasteiger charge is 2.21. The maximum absolute atomic E-state index is 11.9. The molecule has 1 aromatic rings. The van der Waals surface area contributed by atoms with Gasteiger partial charge in [-0.05, 0) is 43.4 Å². The van der Waals surface area contributed by atoms with Crippen LogP contribution in [0.3, 0.4) is 0 Å². The van der Waals surface area contributed by atoms with E-state index in [1.165, 1.54) is 0 Å². The van der Waals surface area contributed by atoms with Crippen LogP contribution in [0.5, 0.6) is 0 Å². The van der Waals surface area contributed by atoms with Crippen molar-refractivity contribution in [2.45, 2.75) is 45.8 Å². The number of anilines is 1. The van der Waals surface area contributed by atoms with Crippen molar-refractivity contribution in [1.82, 2.24) is 5.32 Å². The maximum Gasteiger partial charge on any atom is 0.319 e. The van der Waals surface area contributed by atoms with Crippen LogP contribution in [-0.4, -0.2) is 30.4 Å². The molecule has 0 radical (unpaired) electrons. The van der Waals surface area contributed by atoms with Crippen LogP contribution >= 0.6 is 0 Å². The first kappa shape index (κ1) is 18.5. The SMILES string of the molecule is COCc1cccc(NC(=O)NCC(C)(O)CCC(C)C)c1. The normalized spacial score (nSPS) is 13.7. The van der Waals surface area contributed by atoms with Crippen molar-refractivity contribution in [2.24, 2.45) is 5.92 Å². The Hall–Kier alpha value is -1.59. The summed E-state index contributed by atoms with van der Waals surface area (Å²) in [6.45, 7) is 6.70. The Bertz CT molecular complexity index is 473. The van der Waals surface area contributed by atoms with Gasteiger partial charge in [-0.3, -0.25) is 0 Å². The Balaban J connectivity index is 2.44. The number of urea groups is 1. The second-order valence-corrected chi connectivity index (χ2v) is 6.37. The number of methoxy groups -OCH3 is 1. The second-order valence-electron chi connectivity index (χ2n) is 6.37. The van der Waals surface area contributed by atoms with Gasteiger partial charge >= 0.3 is 6.03 Å². The Kier molecular flexibility index (Phi) is 7.35. The first-order chi connectivity index (χ1) is 10.3. The van der Waals surface area contributed by atoms with E-state index in [1.807, 2.05) is 24.3 Å². The molecule has 3 N–H and O–H groups in total. The smallest absolute Gasteiger partial charge is 0.319 e. The van der Waals surface area contributed by atoms with E-state index in [-0.39, 0.29) is 12.6 Å². The minimum atomic E-state index is -0.889. The fourth-order valence-corrected chi connectivity index (χ4v) is 2.04. The number of benzene rings is 1. The Labute approximate surface area is 133 Å². The molecule has 0 bridgehead atoms. The quantitative estimate of drug-likeness (QED) is 0.691. The zero-order chi connectivity index (χ0) is 16.6. The van der Waals surface area contributed by atoms with E-state index >= 15 is 0 Å². The number of hydrogen-bond acceptors (Lipinski definition) is 3. The molecule has 1 rings (SSSR count). The van der Waals surface area contributed by atoms with Crippen LogP contribution in [0.15, 0.2) is 24.3 Å². The van der Waals surface area contributed by atoms with E-state index in [0.29, 0.717) is 24.6 Å². The summed E-state index contributed by atoms with van der Waals surface area (Å²) in [4.78, 5) is 11.9. The third-order valence-electron chi connectivity index (χ3n) is 3.39. The van der Waals surface area contributed by atoms with Crippen LogP contribution in [0, 0.1) is 5.92 Å². The molecule has 22 heavy (non-hydrogen) atoms. The summed E-state index contributed by atoms with van der Waals surface area (Å²) in [5.41, 5.74) is 0.803. The average molecular weight is 308 g/mol. The Morgan fingerprint density at radius 2 is 2.14 bits per heavy atom. The van der Waals surface area contributed by atoms with Crippen LogP contribution in [0.4, 0.5) is 10.5 Å². The third-order valence-corrected chi connectivity index (χ3v) is 3.39. The molecule has 0 saturated heterocycles. The number of hydrogen-bond donors (Lipinski definition) is 3.